The van der Waals surface area contributed by atoms with E-state index in [0.717, 1.165) is 50.1 Å². The lowest BCUT2D eigenvalue weighted by atomic mass is 9.68. The molecule has 0 unspecified atom stereocenters. The van der Waals surface area contributed by atoms with E-state index in [2.05, 4.69) is 218 Å². The molecule has 274 valence electrons. The summed E-state index contributed by atoms with van der Waals surface area (Å²) in [6.07, 6.45) is 0. The van der Waals surface area contributed by atoms with Gasteiger partial charge in [0.2, 0.25) is 0 Å². The van der Waals surface area contributed by atoms with Crippen LogP contribution in [-0.2, 0) is 5.41 Å². The minimum atomic E-state index is -0.454. The van der Waals surface area contributed by atoms with Crippen molar-refractivity contribution in [2.24, 2.45) is 0 Å². The largest absolute Gasteiger partial charge is 0.455 e. The van der Waals surface area contributed by atoms with E-state index in [1.807, 2.05) is 12.1 Å². The first kappa shape index (κ1) is 33.9. The molecular formula is C56H39NO. The molecule has 58 heavy (non-hydrogen) atoms. The molecule has 11 rings (SSSR count). The molecule has 0 aliphatic heterocycles. The predicted molar refractivity (Wildman–Crippen MR) is 241 cm³/mol. The molecular weight excluding hydrogens is 703 g/mol. The van der Waals surface area contributed by atoms with Gasteiger partial charge in [-0.3, -0.25) is 0 Å². The van der Waals surface area contributed by atoms with Crippen LogP contribution in [0.25, 0.3) is 55.3 Å². The van der Waals surface area contributed by atoms with Crippen LogP contribution in [0.2, 0.25) is 0 Å². The normalized spacial score (nSPS) is 12.7. The summed E-state index contributed by atoms with van der Waals surface area (Å²) >= 11 is 0. The standard InChI is InChI=1S/C56H39NO/c1-38-37-41(39-15-4-2-5-16-39)29-36-53(38)57(44-32-27-40(28-33-44)46-22-14-23-50-49-21-10-13-26-54(49)58-55(46)50)45-34-30-43(31-35-45)56(42-17-6-3-7-18-42)51-24-11-8-19-47(51)48-20-9-12-25-52(48)56/h2-37H,1H3. The first-order valence-electron chi connectivity index (χ1n) is 20.0. The molecule has 2 heteroatoms. The monoisotopic (exact) mass is 741 g/mol. The Balaban J connectivity index is 1.06. The molecule has 0 spiro atoms. The van der Waals surface area contributed by atoms with Crippen molar-refractivity contribution >= 4 is 39.0 Å². The van der Waals surface area contributed by atoms with Gasteiger partial charge < -0.3 is 9.32 Å². The summed E-state index contributed by atoms with van der Waals surface area (Å²) in [7, 11) is 0. The Morgan fingerprint density at radius 1 is 0.397 bits per heavy atom. The van der Waals surface area contributed by atoms with E-state index in [0.29, 0.717) is 0 Å². The first-order chi connectivity index (χ1) is 28.7. The minimum Gasteiger partial charge on any atom is -0.455 e. The second kappa shape index (κ2) is 13.7. The van der Waals surface area contributed by atoms with E-state index < -0.39 is 5.41 Å². The molecule has 1 aliphatic rings. The summed E-state index contributed by atoms with van der Waals surface area (Å²) in [5, 5.41) is 2.27. The Morgan fingerprint density at radius 2 is 0.931 bits per heavy atom. The van der Waals surface area contributed by atoms with Gasteiger partial charge in [0.1, 0.15) is 11.2 Å². The van der Waals surface area contributed by atoms with Crippen molar-refractivity contribution in [1.29, 1.82) is 0 Å². The van der Waals surface area contributed by atoms with Crippen molar-refractivity contribution in [3.8, 4) is 33.4 Å². The maximum Gasteiger partial charge on any atom is 0.143 e. The summed E-state index contributed by atoms with van der Waals surface area (Å²) in [4.78, 5) is 2.39. The highest BCUT2D eigenvalue weighted by molar-refractivity contribution is 6.09. The fourth-order valence-electron chi connectivity index (χ4n) is 9.48. The van der Waals surface area contributed by atoms with Crippen molar-refractivity contribution in [2.45, 2.75) is 12.3 Å². The SMILES string of the molecule is Cc1cc(-c2ccccc2)ccc1N(c1ccc(-c2cccc3c2oc2ccccc23)cc1)c1ccc(C2(c3ccccc3)c3ccccc3-c3ccccc32)cc1. The smallest absolute Gasteiger partial charge is 0.143 e. The first-order valence-corrected chi connectivity index (χ1v) is 20.0. The van der Waals surface area contributed by atoms with Crippen molar-refractivity contribution in [2.75, 3.05) is 4.90 Å². The summed E-state index contributed by atoms with van der Waals surface area (Å²) in [5.74, 6) is 0. The quantitative estimate of drug-likeness (QED) is 0.162. The van der Waals surface area contributed by atoms with E-state index in [1.54, 1.807) is 0 Å². The number of fused-ring (bicyclic) bond motifs is 6. The molecule has 0 atom stereocenters. The average molecular weight is 742 g/mol. The third-order valence-corrected chi connectivity index (χ3v) is 12.1. The third-order valence-electron chi connectivity index (χ3n) is 12.1. The van der Waals surface area contributed by atoms with Crippen molar-refractivity contribution in [3.05, 3.63) is 246 Å². The number of hydrogen-bond acceptors (Lipinski definition) is 2. The van der Waals surface area contributed by atoms with Crippen LogP contribution in [0.5, 0.6) is 0 Å². The van der Waals surface area contributed by atoms with Gasteiger partial charge in [-0.05, 0) is 105 Å². The molecule has 0 N–H and O–H groups in total. The van der Waals surface area contributed by atoms with Gasteiger partial charge in [0.05, 0.1) is 5.41 Å². The lowest BCUT2D eigenvalue weighted by molar-refractivity contribution is 0.670. The van der Waals surface area contributed by atoms with Crippen LogP contribution in [0, 0.1) is 6.92 Å². The van der Waals surface area contributed by atoms with Gasteiger partial charge in [-0.2, -0.15) is 0 Å². The lowest BCUT2D eigenvalue weighted by Crippen LogP contribution is -2.28. The molecule has 1 aliphatic carbocycles. The van der Waals surface area contributed by atoms with Crippen LogP contribution in [-0.4, -0.2) is 0 Å². The van der Waals surface area contributed by atoms with Crippen LogP contribution in [0.15, 0.2) is 223 Å². The van der Waals surface area contributed by atoms with E-state index in [-0.39, 0.29) is 0 Å². The number of nitrogens with zero attached hydrogens (tertiary/aromatic N) is 1. The Bertz CT molecular complexity index is 3060. The molecule has 9 aromatic carbocycles. The Labute approximate surface area is 338 Å². The van der Waals surface area contributed by atoms with Crippen molar-refractivity contribution < 1.29 is 4.42 Å². The van der Waals surface area contributed by atoms with Crippen molar-refractivity contribution in [3.63, 3.8) is 0 Å². The lowest BCUT2D eigenvalue weighted by Gasteiger charge is -2.34. The Hall–Kier alpha value is -7.42. The molecule has 1 aromatic heterocycles. The highest BCUT2D eigenvalue weighted by atomic mass is 16.3. The fourth-order valence-corrected chi connectivity index (χ4v) is 9.48. The Kier molecular flexibility index (Phi) is 7.97. The minimum absolute atomic E-state index is 0.454. The maximum atomic E-state index is 6.44. The van der Waals surface area contributed by atoms with Crippen LogP contribution in [0.3, 0.4) is 0 Å². The molecule has 0 bridgehead atoms. The van der Waals surface area contributed by atoms with Gasteiger partial charge in [-0.1, -0.05) is 176 Å². The molecule has 2 nitrogen and oxygen atoms in total. The van der Waals surface area contributed by atoms with Crippen LogP contribution in [0.4, 0.5) is 17.1 Å². The molecule has 0 saturated carbocycles. The zero-order chi connectivity index (χ0) is 38.6. The highest BCUT2D eigenvalue weighted by Crippen LogP contribution is 2.56. The van der Waals surface area contributed by atoms with Crippen LogP contribution in [0.1, 0.15) is 27.8 Å². The van der Waals surface area contributed by atoms with E-state index >= 15 is 0 Å². The summed E-state index contributed by atoms with van der Waals surface area (Å²) < 4.78 is 6.44. The maximum absolute atomic E-state index is 6.44. The molecule has 0 saturated heterocycles. The van der Waals surface area contributed by atoms with Gasteiger partial charge in [0.15, 0.2) is 0 Å². The molecule has 0 fully saturated rings. The molecule has 1 heterocycles. The number of hydrogen-bond donors (Lipinski definition) is 0. The van der Waals surface area contributed by atoms with Gasteiger partial charge in [0, 0.05) is 33.4 Å². The Morgan fingerprint density at radius 3 is 1.62 bits per heavy atom. The van der Waals surface area contributed by atoms with Crippen molar-refractivity contribution in [1.82, 2.24) is 0 Å². The number of furan rings is 1. The number of rotatable bonds is 7. The van der Waals surface area contributed by atoms with Crippen LogP contribution >= 0.6 is 0 Å². The molecule has 0 radical (unpaired) electrons. The van der Waals surface area contributed by atoms with Gasteiger partial charge >= 0.3 is 0 Å². The number of anilines is 3. The molecule has 10 aromatic rings. The molecule has 0 amide bonds. The zero-order valence-electron chi connectivity index (χ0n) is 32.1. The zero-order valence-corrected chi connectivity index (χ0v) is 32.1. The average Bonchev–Trinajstić information content (AvgIpc) is 3.82. The number of aryl methyl sites for hydroxylation is 1. The van der Waals surface area contributed by atoms with E-state index in [1.165, 1.54) is 50.1 Å². The van der Waals surface area contributed by atoms with Gasteiger partial charge in [-0.25, -0.2) is 0 Å². The van der Waals surface area contributed by atoms with Crippen LogP contribution < -0.4 is 4.90 Å². The third kappa shape index (κ3) is 5.26. The van der Waals surface area contributed by atoms with Gasteiger partial charge in [-0.15, -0.1) is 0 Å². The number of para-hydroxylation sites is 2. The highest BCUT2D eigenvalue weighted by Gasteiger charge is 2.45. The fraction of sp³-hybridized carbons (Fsp3) is 0.0357. The number of benzene rings is 9. The predicted octanol–water partition coefficient (Wildman–Crippen LogP) is 15.1. The van der Waals surface area contributed by atoms with E-state index in [4.69, 9.17) is 4.42 Å². The summed E-state index contributed by atoms with van der Waals surface area (Å²) in [6.45, 7) is 2.22. The van der Waals surface area contributed by atoms with E-state index in [9.17, 15) is 0 Å². The summed E-state index contributed by atoms with van der Waals surface area (Å²) in [5.41, 5.74) is 18.2. The second-order valence-corrected chi connectivity index (χ2v) is 15.3. The summed E-state index contributed by atoms with van der Waals surface area (Å²) in [6, 6.07) is 79.2. The van der Waals surface area contributed by atoms with Gasteiger partial charge in [0.25, 0.3) is 0 Å². The second-order valence-electron chi connectivity index (χ2n) is 15.3. The topological polar surface area (TPSA) is 16.4 Å².